The van der Waals surface area contributed by atoms with Gasteiger partial charge in [-0.2, -0.15) is 0 Å². The van der Waals surface area contributed by atoms with Crippen molar-refractivity contribution in [2.24, 2.45) is 0 Å². The number of nitro benzene ring substituents is 1. The third kappa shape index (κ3) is 5.00. The lowest BCUT2D eigenvalue weighted by Crippen LogP contribution is -2.20. The summed E-state index contributed by atoms with van der Waals surface area (Å²) < 4.78 is 5.89. The van der Waals surface area contributed by atoms with Crippen molar-refractivity contribution in [2.45, 2.75) is 13.3 Å². The third-order valence-electron chi connectivity index (χ3n) is 2.37. The van der Waals surface area contributed by atoms with Crippen LogP contribution in [0.15, 0.2) is 34.8 Å². The number of halogens is 1. The third-order valence-corrected chi connectivity index (χ3v) is 3.17. The van der Waals surface area contributed by atoms with Crippen molar-refractivity contribution < 1.29 is 9.66 Å². The zero-order chi connectivity index (χ0) is 14.3. The molecule has 104 valence electrons. The minimum Gasteiger partial charge on any atom is -0.488 e. The van der Waals surface area contributed by atoms with Gasteiger partial charge in [0.25, 0.3) is 5.69 Å². The highest BCUT2D eigenvalue weighted by atomic mass is 79.9. The van der Waals surface area contributed by atoms with Crippen molar-refractivity contribution in [2.75, 3.05) is 19.7 Å². The first-order chi connectivity index (χ1) is 9.06. The Balaban J connectivity index is 2.56. The first kappa shape index (κ1) is 15.7. The van der Waals surface area contributed by atoms with Crippen LogP contribution in [0.4, 0.5) is 5.69 Å². The molecule has 0 amide bonds. The van der Waals surface area contributed by atoms with E-state index in [1.54, 1.807) is 12.1 Å². The molecule has 0 saturated heterocycles. The van der Waals surface area contributed by atoms with E-state index in [0.717, 1.165) is 18.5 Å². The summed E-state index contributed by atoms with van der Waals surface area (Å²) >= 11 is 3.18. The highest BCUT2D eigenvalue weighted by molar-refractivity contribution is 9.10. The standard InChI is InChI=1S/C13H17BrN2O3/c1-3-7-15-8-10(2)9-19-12-6-4-5-11(13(12)14)16(17)18/h4-6,15H,2-3,7-9H2,1H3. The van der Waals surface area contributed by atoms with Gasteiger partial charge in [-0.3, -0.25) is 10.1 Å². The van der Waals surface area contributed by atoms with E-state index in [0.29, 0.717) is 23.4 Å². The van der Waals surface area contributed by atoms with Crippen LogP contribution >= 0.6 is 15.9 Å². The van der Waals surface area contributed by atoms with Gasteiger partial charge in [0.05, 0.1) is 4.92 Å². The largest absolute Gasteiger partial charge is 0.488 e. The first-order valence-electron chi connectivity index (χ1n) is 5.99. The predicted octanol–water partition coefficient (Wildman–Crippen LogP) is 3.29. The monoisotopic (exact) mass is 328 g/mol. The van der Waals surface area contributed by atoms with Crippen LogP contribution in [-0.2, 0) is 0 Å². The minimum atomic E-state index is -0.450. The van der Waals surface area contributed by atoms with Crippen molar-refractivity contribution in [3.63, 3.8) is 0 Å². The average Bonchev–Trinajstić information content (AvgIpc) is 2.37. The first-order valence-corrected chi connectivity index (χ1v) is 6.78. The summed E-state index contributed by atoms with van der Waals surface area (Å²) in [5.41, 5.74) is 0.888. The molecule has 0 saturated carbocycles. The van der Waals surface area contributed by atoms with Crippen LogP contribution in [0.1, 0.15) is 13.3 Å². The van der Waals surface area contributed by atoms with Gasteiger partial charge >= 0.3 is 0 Å². The molecule has 1 aromatic rings. The van der Waals surface area contributed by atoms with Crippen molar-refractivity contribution in [3.8, 4) is 5.75 Å². The van der Waals surface area contributed by atoms with Gasteiger partial charge in [-0.25, -0.2) is 0 Å². The molecule has 19 heavy (non-hydrogen) atoms. The van der Waals surface area contributed by atoms with E-state index in [1.807, 2.05) is 0 Å². The maximum absolute atomic E-state index is 10.8. The van der Waals surface area contributed by atoms with Crippen LogP contribution in [-0.4, -0.2) is 24.6 Å². The van der Waals surface area contributed by atoms with E-state index < -0.39 is 4.92 Å². The molecule has 0 heterocycles. The molecule has 0 bridgehead atoms. The number of nitrogens with one attached hydrogen (secondary N) is 1. The van der Waals surface area contributed by atoms with Gasteiger partial charge in [0, 0.05) is 12.6 Å². The topological polar surface area (TPSA) is 64.4 Å². The maximum Gasteiger partial charge on any atom is 0.287 e. The molecule has 0 fully saturated rings. The zero-order valence-corrected chi connectivity index (χ0v) is 12.4. The van der Waals surface area contributed by atoms with Gasteiger partial charge < -0.3 is 10.1 Å². The van der Waals surface area contributed by atoms with E-state index in [1.165, 1.54) is 6.07 Å². The molecular formula is C13H17BrN2O3. The van der Waals surface area contributed by atoms with Gasteiger partial charge in [-0.1, -0.05) is 19.6 Å². The SMILES string of the molecule is C=C(CNCCC)COc1cccc([N+](=O)[O-])c1Br. The Bertz CT molecular complexity index is 463. The molecule has 0 aliphatic carbocycles. The van der Waals surface area contributed by atoms with E-state index in [2.05, 4.69) is 34.7 Å². The second-order valence-corrected chi connectivity index (χ2v) is 4.85. The van der Waals surface area contributed by atoms with Crippen LogP contribution in [0.5, 0.6) is 5.75 Å². The summed E-state index contributed by atoms with van der Waals surface area (Å²) in [7, 11) is 0. The van der Waals surface area contributed by atoms with Crippen LogP contribution in [0.3, 0.4) is 0 Å². The quantitative estimate of drug-likeness (QED) is 0.344. The van der Waals surface area contributed by atoms with Gasteiger partial charge in [0.15, 0.2) is 0 Å². The molecule has 1 aromatic carbocycles. The van der Waals surface area contributed by atoms with Gasteiger partial charge in [-0.05, 0) is 40.5 Å². The summed E-state index contributed by atoms with van der Waals surface area (Å²) in [6, 6.07) is 4.70. The van der Waals surface area contributed by atoms with Crippen LogP contribution in [0.25, 0.3) is 0 Å². The van der Waals surface area contributed by atoms with E-state index in [-0.39, 0.29) is 5.69 Å². The highest BCUT2D eigenvalue weighted by Crippen LogP contribution is 2.33. The summed E-state index contributed by atoms with van der Waals surface area (Å²) in [5.74, 6) is 0.450. The Morgan fingerprint density at radius 3 is 2.95 bits per heavy atom. The smallest absolute Gasteiger partial charge is 0.287 e. The highest BCUT2D eigenvalue weighted by Gasteiger charge is 2.15. The molecule has 0 aliphatic heterocycles. The Morgan fingerprint density at radius 2 is 2.32 bits per heavy atom. The lowest BCUT2D eigenvalue weighted by molar-refractivity contribution is -0.385. The van der Waals surface area contributed by atoms with Crippen molar-refractivity contribution in [3.05, 3.63) is 44.9 Å². The summed E-state index contributed by atoms with van der Waals surface area (Å²) in [6.45, 7) is 7.92. The number of hydrogen-bond acceptors (Lipinski definition) is 4. The number of hydrogen-bond donors (Lipinski definition) is 1. The fourth-order valence-corrected chi connectivity index (χ4v) is 1.95. The van der Waals surface area contributed by atoms with Gasteiger partial charge in [0.2, 0.25) is 0 Å². The summed E-state index contributed by atoms with van der Waals surface area (Å²) in [6.07, 6.45) is 1.06. The summed E-state index contributed by atoms with van der Waals surface area (Å²) in [5, 5.41) is 14.0. The molecule has 0 radical (unpaired) electrons. The Kier molecular flexibility index (Phi) is 6.52. The molecule has 0 atom stereocenters. The average molecular weight is 329 g/mol. The molecule has 5 nitrogen and oxygen atoms in total. The second-order valence-electron chi connectivity index (χ2n) is 4.06. The molecule has 1 rings (SSSR count). The lowest BCUT2D eigenvalue weighted by Gasteiger charge is -2.10. The zero-order valence-electron chi connectivity index (χ0n) is 10.8. The fraction of sp³-hybridized carbons (Fsp3) is 0.385. The normalized spacial score (nSPS) is 10.2. The van der Waals surface area contributed by atoms with Gasteiger partial charge in [0.1, 0.15) is 16.8 Å². The van der Waals surface area contributed by atoms with E-state index in [4.69, 9.17) is 4.74 Å². The Hall–Kier alpha value is -1.40. The molecular weight excluding hydrogens is 312 g/mol. The van der Waals surface area contributed by atoms with Crippen molar-refractivity contribution in [1.29, 1.82) is 0 Å². The predicted molar refractivity (Wildman–Crippen MR) is 78.6 cm³/mol. The number of rotatable bonds is 8. The van der Waals surface area contributed by atoms with Crippen LogP contribution in [0, 0.1) is 10.1 Å². The number of nitro groups is 1. The molecule has 1 N–H and O–H groups in total. The second kappa shape index (κ2) is 7.91. The van der Waals surface area contributed by atoms with Crippen molar-refractivity contribution >= 4 is 21.6 Å². The van der Waals surface area contributed by atoms with Gasteiger partial charge in [-0.15, -0.1) is 0 Å². The molecule has 6 heteroatoms. The van der Waals surface area contributed by atoms with E-state index in [9.17, 15) is 10.1 Å². The van der Waals surface area contributed by atoms with Crippen LogP contribution < -0.4 is 10.1 Å². The van der Waals surface area contributed by atoms with Crippen LogP contribution in [0.2, 0.25) is 0 Å². The molecule has 0 aliphatic rings. The van der Waals surface area contributed by atoms with E-state index >= 15 is 0 Å². The summed E-state index contributed by atoms with van der Waals surface area (Å²) in [4.78, 5) is 10.3. The molecule has 0 aromatic heterocycles. The minimum absolute atomic E-state index is 0.00720. The maximum atomic E-state index is 10.8. The molecule has 0 spiro atoms. The Labute approximate surface area is 120 Å². The Morgan fingerprint density at radius 1 is 1.58 bits per heavy atom. The number of ether oxygens (including phenoxy) is 1. The number of benzene rings is 1. The van der Waals surface area contributed by atoms with Crippen molar-refractivity contribution in [1.82, 2.24) is 5.32 Å². The fourth-order valence-electron chi connectivity index (χ4n) is 1.42. The molecule has 0 unspecified atom stereocenters. The lowest BCUT2D eigenvalue weighted by atomic mass is 10.3. The number of nitrogens with zero attached hydrogens (tertiary/aromatic N) is 1.